The first-order valence-electron chi connectivity index (χ1n) is 8.29. The van der Waals surface area contributed by atoms with Gasteiger partial charge in [-0.1, -0.05) is 72.4 Å². The van der Waals surface area contributed by atoms with Gasteiger partial charge >= 0.3 is 0 Å². The van der Waals surface area contributed by atoms with Crippen molar-refractivity contribution < 1.29 is 4.79 Å². The number of carbonyl (C=O) groups is 1. The number of carbonyl (C=O) groups excluding carboxylic acids is 1. The molecule has 0 saturated carbocycles. The molecule has 6 heteroatoms. The molecule has 0 aliphatic carbocycles. The van der Waals surface area contributed by atoms with Crippen LogP contribution in [0.15, 0.2) is 65.8 Å². The summed E-state index contributed by atoms with van der Waals surface area (Å²) in [5.41, 5.74) is 1.91. The van der Waals surface area contributed by atoms with Gasteiger partial charge in [0.2, 0.25) is 11.9 Å². The van der Waals surface area contributed by atoms with Crippen LogP contribution in [0.3, 0.4) is 0 Å². The molecule has 4 rings (SSSR count). The number of hydrogen-bond donors (Lipinski definition) is 1. The average Bonchev–Trinajstić information content (AvgIpc) is 3.07. The van der Waals surface area contributed by atoms with E-state index in [1.165, 1.54) is 0 Å². The molecule has 1 aromatic heterocycles. The van der Waals surface area contributed by atoms with Gasteiger partial charge in [-0.05, 0) is 17.5 Å². The second-order valence-electron chi connectivity index (χ2n) is 5.90. The summed E-state index contributed by atoms with van der Waals surface area (Å²) in [4.78, 5) is 13.1. The molecule has 126 valence electrons. The van der Waals surface area contributed by atoms with Crippen molar-refractivity contribution in [2.75, 3.05) is 11.1 Å². The third kappa shape index (κ3) is 3.30. The fourth-order valence-electron chi connectivity index (χ4n) is 3.04. The van der Waals surface area contributed by atoms with Crippen LogP contribution in [0.25, 0.3) is 0 Å². The van der Waals surface area contributed by atoms with Crippen molar-refractivity contribution >= 4 is 23.6 Å². The predicted molar refractivity (Wildman–Crippen MR) is 98.7 cm³/mol. The van der Waals surface area contributed by atoms with E-state index < -0.39 is 0 Å². The number of amides is 1. The van der Waals surface area contributed by atoms with Gasteiger partial charge in [0.05, 0.1) is 5.92 Å². The average molecular weight is 350 g/mol. The highest BCUT2D eigenvalue weighted by atomic mass is 32.2. The molecule has 1 N–H and O–H groups in total. The Morgan fingerprint density at radius 3 is 2.28 bits per heavy atom. The second-order valence-corrected chi connectivity index (χ2v) is 6.97. The van der Waals surface area contributed by atoms with Crippen LogP contribution >= 0.6 is 11.8 Å². The third-order valence-corrected chi connectivity index (χ3v) is 5.29. The Labute approximate surface area is 150 Å². The van der Waals surface area contributed by atoms with E-state index in [1.807, 2.05) is 65.2 Å². The molecule has 1 aliphatic heterocycles. The van der Waals surface area contributed by atoms with E-state index in [-0.39, 0.29) is 11.8 Å². The van der Waals surface area contributed by atoms with Crippen molar-refractivity contribution in [3.8, 4) is 0 Å². The van der Waals surface area contributed by atoms with Crippen LogP contribution in [-0.2, 0) is 11.3 Å². The molecule has 3 aromatic rings. The lowest BCUT2D eigenvalue weighted by atomic mass is 9.90. The van der Waals surface area contributed by atoms with E-state index in [4.69, 9.17) is 0 Å². The number of nitrogens with zero attached hydrogens (tertiary/aromatic N) is 3. The standard InChI is InChI=1S/C19H18N4OS/c24-17(20-18-21-22-19-23(18)12-7-13-25-19)16(14-8-3-1-4-9-14)15-10-5-2-6-11-15/h1-6,8-11,16H,7,12-13H2,(H,20,21,24). The molecule has 0 spiro atoms. The first kappa shape index (κ1) is 15.9. The summed E-state index contributed by atoms with van der Waals surface area (Å²) >= 11 is 1.68. The zero-order valence-corrected chi connectivity index (χ0v) is 14.4. The zero-order valence-electron chi connectivity index (χ0n) is 13.6. The van der Waals surface area contributed by atoms with E-state index in [1.54, 1.807) is 11.8 Å². The molecule has 0 radical (unpaired) electrons. The van der Waals surface area contributed by atoms with Crippen molar-refractivity contribution in [3.63, 3.8) is 0 Å². The Kier molecular flexibility index (Phi) is 4.52. The lowest BCUT2D eigenvalue weighted by molar-refractivity contribution is -0.116. The highest BCUT2D eigenvalue weighted by Crippen LogP contribution is 2.28. The van der Waals surface area contributed by atoms with Gasteiger partial charge in [-0.15, -0.1) is 10.2 Å². The van der Waals surface area contributed by atoms with Crippen LogP contribution in [0.2, 0.25) is 0 Å². The minimum absolute atomic E-state index is 0.0943. The summed E-state index contributed by atoms with van der Waals surface area (Å²) in [7, 11) is 0. The Bertz CT molecular complexity index is 824. The van der Waals surface area contributed by atoms with Crippen LogP contribution in [-0.4, -0.2) is 26.4 Å². The molecular weight excluding hydrogens is 332 g/mol. The predicted octanol–water partition coefficient (Wildman–Crippen LogP) is 3.54. The summed E-state index contributed by atoms with van der Waals surface area (Å²) in [6, 6.07) is 19.6. The molecule has 0 unspecified atom stereocenters. The molecule has 0 atom stereocenters. The Morgan fingerprint density at radius 1 is 1.00 bits per heavy atom. The van der Waals surface area contributed by atoms with Crippen molar-refractivity contribution in [2.24, 2.45) is 0 Å². The van der Waals surface area contributed by atoms with E-state index in [0.29, 0.717) is 5.95 Å². The fraction of sp³-hybridized carbons (Fsp3) is 0.211. The molecule has 0 fully saturated rings. The Balaban J connectivity index is 1.66. The summed E-state index contributed by atoms with van der Waals surface area (Å²) in [5.74, 6) is 1.10. The van der Waals surface area contributed by atoms with Crippen molar-refractivity contribution in [3.05, 3.63) is 71.8 Å². The maximum absolute atomic E-state index is 13.1. The van der Waals surface area contributed by atoms with Gasteiger partial charge < -0.3 is 0 Å². The van der Waals surface area contributed by atoms with Gasteiger partial charge in [0.15, 0.2) is 5.16 Å². The van der Waals surface area contributed by atoms with Crippen LogP contribution in [0, 0.1) is 0 Å². The molecule has 0 bridgehead atoms. The van der Waals surface area contributed by atoms with Crippen molar-refractivity contribution in [1.82, 2.24) is 14.8 Å². The molecule has 0 saturated heterocycles. The van der Waals surface area contributed by atoms with E-state index in [9.17, 15) is 4.79 Å². The van der Waals surface area contributed by atoms with Crippen LogP contribution in [0.4, 0.5) is 5.95 Å². The van der Waals surface area contributed by atoms with Gasteiger partial charge in [0.25, 0.3) is 0 Å². The number of nitrogens with one attached hydrogen (secondary N) is 1. The van der Waals surface area contributed by atoms with Crippen LogP contribution < -0.4 is 5.32 Å². The monoisotopic (exact) mass is 350 g/mol. The quantitative estimate of drug-likeness (QED) is 0.782. The van der Waals surface area contributed by atoms with Crippen LogP contribution in [0.1, 0.15) is 23.5 Å². The van der Waals surface area contributed by atoms with Crippen molar-refractivity contribution in [2.45, 2.75) is 24.0 Å². The maximum atomic E-state index is 13.1. The largest absolute Gasteiger partial charge is 0.294 e. The second kappa shape index (κ2) is 7.11. The number of fused-ring (bicyclic) bond motifs is 1. The van der Waals surface area contributed by atoms with Gasteiger partial charge in [-0.2, -0.15) is 0 Å². The molecule has 1 aliphatic rings. The first-order valence-corrected chi connectivity index (χ1v) is 9.28. The van der Waals surface area contributed by atoms with Gasteiger partial charge in [-0.3, -0.25) is 14.7 Å². The number of thioether (sulfide) groups is 1. The Hall–Kier alpha value is -2.60. The van der Waals surface area contributed by atoms with Gasteiger partial charge in [0.1, 0.15) is 0 Å². The minimum Gasteiger partial charge on any atom is -0.294 e. The number of benzene rings is 2. The van der Waals surface area contributed by atoms with E-state index in [0.717, 1.165) is 35.0 Å². The number of hydrogen-bond acceptors (Lipinski definition) is 4. The summed E-state index contributed by atoms with van der Waals surface area (Å²) in [5, 5.41) is 12.2. The van der Waals surface area contributed by atoms with E-state index in [2.05, 4.69) is 15.5 Å². The number of aromatic nitrogens is 3. The fourth-order valence-corrected chi connectivity index (χ4v) is 3.93. The number of anilines is 1. The molecule has 2 aromatic carbocycles. The normalized spacial score (nSPS) is 13.5. The minimum atomic E-state index is -0.383. The van der Waals surface area contributed by atoms with E-state index >= 15 is 0 Å². The summed E-state index contributed by atoms with van der Waals surface area (Å²) in [6.07, 6.45) is 1.05. The molecule has 2 heterocycles. The third-order valence-electron chi connectivity index (χ3n) is 4.24. The zero-order chi connectivity index (χ0) is 17.1. The lowest BCUT2D eigenvalue weighted by Gasteiger charge is -2.19. The molecule has 5 nitrogen and oxygen atoms in total. The Morgan fingerprint density at radius 2 is 1.64 bits per heavy atom. The highest BCUT2D eigenvalue weighted by Gasteiger charge is 2.25. The smallest absolute Gasteiger partial charge is 0.238 e. The molecule has 25 heavy (non-hydrogen) atoms. The van der Waals surface area contributed by atoms with Gasteiger partial charge in [-0.25, -0.2) is 0 Å². The van der Waals surface area contributed by atoms with Crippen LogP contribution in [0.5, 0.6) is 0 Å². The summed E-state index contributed by atoms with van der Waals surface area (Å²) < 4.78 is 1.99. The van der Waals surface area contributed by atoms with Gasteiger partial charge in [0, 0.05) is 12.3 Å². The topological polar surface area (TPSA) is 59.8 Å². The maximum Gasteiger partial charge on any atom is 0.238 e. The molecular formula is C19H18N4OS. The summed E-state index contributed by atoms with van der Waals surface area (Å²) in [6.45, 7) is 0.840. The lowest BCUT2D eigenvalue weighted by Crippen LogP contribution is -2.24. The highest BCUT2D eigenvalue weighted by molar-refractivity contribution is 7.99. The number of rotatable bonds is 4. The SMILES string of the molecule is O=C(Nc1nnc2n1CCCS2)C(c1ccccc1)c1ccccc1. The van der Waals surface area contributed by atoms with Crippen molar-refractivity contribution in [1.29, 1.82) is 0 Å². The molecule has 1 amide bonds. The first-order chi connectivity index (χ1) is 12.3.